The maximum absolute atomic E-state index is 12.1. The van der Waals surface area contributed by atoms with Gasteiger partial charge in [-0.3, -0.25) is 0 Å². The van der Waals surface area contributed by atoms with Crippen molar-refractivity contribution in [1.29, 1.82) is 0 Å². The highest BCUT2D eigenvalue weighted by Crippen LogP contribution is 2.44. The van der Waals surface area contributed by atoms with Gasteiger partial charge in [0.05, 0.1) is 18.4 Å². The van der Waals surface area contributed by atoms with E-state index in [9.17, 15) is 9.59 Å². The fourth-order valence-electron chi connectivity index (χ4n) is 3.46. The van der Waals surface area contributed by atoms with E-state index in [0.717, 1.165) is 6.42 Å². The Balaban J connectivity index is 1.57. The summed E-state index contributed by atoms with van der Waals surface area (Å²) >= 11 is 0. The van der Waals surface area contributed by atoms with E-state index < -0.39 is 12.3 Å². The molecule has 5 heteroatoms. The minimum atomic E-state index is -0.771. The van der Waals surface area contributed by atoms with Crippen molar-refractivity contribution < 1.29 is 23.8 Å². The van der Waals surface area contributed by atoms with Gasteiger partial charge in [0, 0.05) is 23.5 Å². The molecule has 1 aromatic carbocycles. The van der Waals surface area contributed by atoms with Gasteiger partial charge in [-0.1, -0.05) is 24.3 Å². The molecule has 5 nitrogen and oxygen atoms in total. The smallest absolute Gasteiger partial charge is 0.337 e. The molecular formula is C18H16O5. The van der Waals surface area contributed by atoms with Gasteiger partial charge in [0.2, 0.25) is 0 Å². The maximum atomic E-state index is 12.1. The number of carbonyl (C=O) groups excluding carboxylic acids is 2. The highest BCUT2D eigenvalue weighted by Gasteiger charge is 2.42. The Morgan fingerprint density at radius 1 is 1.17 bits per heavy atom. The number of benzene rings is 1. The first-order valence-electron chi connectivity index (χ1n) is 7.63. The Hall–Kier alpha value is -2.56. The highest BCUT2D eigenvalue weighted by molar-refractivity contribution is 5.91. The Bertz CT molecular complexity index is 746. The predicted octanol–water partition coefficient (Wildman–Crippen LogP) is 2.23. The topological polar surface area (TPSA) is 61.8 Å². The molecule has 1 aliphatic carbocycles. The number of fused-ring (bicyclic) bond motifs is 3. The molecule has 0 amide bonds. The number of rotatable bonds is 2. The van der Waals surface area contributed by atoms with Crippen molar-refractivity contribution in [3.63, 3.8) is 0 Å². The standard InChI is InChI=1S/C18H16O5/c1-10-6-16(23-17(10)19)21-9-15-13-7-11-4-2-3-5-12(11)14(13)8-22-18(15)20/h2-6,9,13-14,16H,7-8H2,1H3/b15-9+. The van der Waals surface area contributed by atoms with Gasteiger partial charge in [-0.05, 0) is 24.5 Å². The van der Waals surface area contributed by atoms with E-state index >= 15 is 0 Å². The molecule has 0 spiro atoms. The molecule has 1 saturated heterocycles. The lowest BCUT2D eigenvalue weighted by Gasteiger charge is -2.27. The van der Waals surface area contributed by atoms with Crippen molar-refractivity contribution in [2.24, 2.45) is 5.92 Å². The molecule has 3 aliphatic rings. The third-order valence-corrected chi connectivity index (χ3v) is 4.67. The lowest BCUT2D eigenvalue weighted by Crippen LogP contribution is -2.30. The molecule has 0 aromatic heterocycles. The summed E-state index contributed by atoms with van der Waals surface area (Å²) in [7, 11) is 0. The SMILES string of the molecule is CC1=CC(O/C=C2/C(=O)OCC3c4ccccc4CC23)OC1=O. The quantitative estimate of drug-likeness (QED) is 0.476. The first-order chi connectivity index (χ1) is 11.1. The number of ether oxygens (including phenoxy) is 3. The van der Waals surface area contributed by atoms with Gasteiger partial charge in [-0.15, -0.1) is 0 Å². The van der Waals surface area contributed by atoms with Crippen LogP contribution in [0.4, 0.5) is 0 Å². The lowest BCUT2D eigenvalue weighted by molar-refractivity contribution is -0.152. The largest absolute Gasteiger partial charge is 0.462 e. The van der Waals surface area contributed by atoms with Gasteiger partial charge in [-0.2, -0.15) is 0 Å². The first kappa shape index (κ1) is 14.1. The van der Waals surface area contributed by atoms with Gasteiger partial charge in [0.25, 0.3) is 6.29 Å². The molecule has 23 heavy (non-hydrogen) atoms. The van der Waals surface area contributed by atoms with Gasteiger partial charge >= 0.3 is 11.9 Å². The maximum Gasteiger partial charge on any atom is 0.337 e. The third kappa shape index (κ3) is 2.32. The van der Waals surface area contributed by atoms with Crippen molar-refractivity contribution in [2.45, 2.75) is 25.6 Å². The van der Waals surface area contributed by atoms with E-state index in [-0.39, 0.29) is 17.8 Å². The highest BCUT2D eigenvalue weighted by atomic mass is 16.7. The summed E-state index contributed by atoms with van der Waals surface area (Å²) in [4.78, 5) is 23.5. The van der Waals surface area contributed by atoms with Crippen molar-refractivity contribution in [3.05, 3.63) is 58.9 Å². The minimum Gasteiger partial charge on any atom is -0.462 e. The van der Waals surface area contributed by atoms with E-state index in [4.69, 9.17) is 14.2 Å². The zero-order valence-corrected chi connectivity index (χ0v) is 12.7. The molecule has 2 aliphatic heterocycles. The monoisotopic (exact) mass is 312 g/mol. The summed E-state index contributed by atoms with van der Waals surface area (Å²) in [5, 5.41) is 0. The van der Waals surface area contributed by atoms with Crippen LogP contribution in [-0.2, 0) is 30.2 Å². The van der Waals surface area contributed by atoms with E-state index in [0.29, 0.717) is 17.8 Å². The van der Waals surface area contributed by atoms with Gasteiger partial charge < -0.3 is 14.2 Å². The molecule has 0 bridgehead atoms. The molecule has 118 valence electrons. The van der Waals surface area contributed by atoms with Crippen LogP contribution in [0, 0.1) is 5.92 Å². The number of carbonyl (C=O) groups is 2. The fraction of sp³-hybridized carbons (Fsp3) is 0.333. The summed E-state index contributed by atoms with van der Waals surface area (Å²) in [6.07, 6.45) is 3.02. The zero-order chi connectivity index (χ0) is 16.0. The molecular weight excluding hydrogens is 296 g/mol. The van der Waals surface area contributed by atoms with Crippen LogP contribution >= 0.6 is 0 Å². The van der Waals surface area contributed by atoms with Crippen LogP contribution in [0.2, 0.25) is 0 Å². The lowest BCUT2D eigenvalue weighted by atomic mass is 9.85. The van der Waals surface area contributed by atoms with Crippen LogP contribution in [-0.4, -0.2) is 24.8 Å². The average molecular weight is 312 g/mol. The number of esters is 2. The van der Waals surface area contributed by atoms with Crippen LogP contribution in [0.15, 0.2) is 47.7 Å². The number of cyclic esters (lactones) is 2. The van der Waals surface area contributed by atoms with E-state index in [1.54, 1.807) is 13.0 Å². The Morgan fingerprint density at radius 2 is 2.00 bits per heavy atom. The van der Waals surface area contributed by atoms with Gasteiger partial charge in [-0.25, -0.2) is 9.59 Å². The minimum absolute atomic E-state index is 0.0517. The van der Waals surface area contributed by atoms with E-state index in [1.807, 2.05) is 12.1 Å². The molecule has 0 saturated carbocycles. The summed E-state index contributed by atoms with van der Waals surface area (Å²) < 4.78 is 15.8. The average Bonchev–Trinajstić information content (AvgIpc) is 3.06. The summed E-state index contributed by atoms with van der Waals surface area (Å²) in [5.41, 5.74) is 3.49. The van der Waals surface area contributed by atoms with Gasteiger partial charge in [0.15, 0.2) is 0 Å². The van der Waals surface area contributed by atoms with Crippen LogP contribution in [0.3, 0.4) is 0 Å². The summed E-state index contributed by atoms with van der Waals surface area (Å²) in [5.74, 6) is -0.534. The second-order valence-corrected chi connectivity index (χ2v) is 6.05. The molecule has 4 rings (SSSR count). The van der Waals surface area contributed by atoms with E-state index in [2.05, 4.69) is 12.1 Å². The number of hydrogen-bond donors (Lipinski definition) is 0. The Labute approximate surface area is 133 Å². The normalized spacial score (nSPS) is 30.4. The second kappa shape index (κ2) is 5.26. The molecule has 0 radical (unpaired) electrons. The van der Waals surface area contributed by atoms with Crippen LogP contribution in [0.5, 0.6) is 0 Å². The molecule has 0 N–H and O–H groups in total. The van der Waals surface area contributed by atoms with Crippen LogP contribution < -0.4 is 0 Å². The van der Waals surface area contributed by atoms with Crippen LogP contribution in [0.1, 0.15) is 24.0 Å². The van der Waals surface area contributed by atoms with Crippen molar-refractivity contribution >= 4 is 11.9 Å². The molecule has 1 aromatic rings. The molecule has 1 fully saturated rings. The molecule has 2 heterocycles. The third-order valence-electron chi connectivity index (χ3n) is 4.67. The fourth-order valence-corrected chi connectivity index (χ4v) is 3.46. The number of hydrogen-bond acceptors (Lipinski definition) is 5. The molecule has 3 atom stereocenters. The van der Waals surface area contributed by atoms with Crippen molar-refractivity contribution in [3.8, 4) is 0 Å². The summed E-state index contributed by atoms with van der Waals surface area (Å²) in [6, 6.07) is 8.18. The van der Waals surface area contributed by atoms with Crippen molar-refractivity contribution in [1.82, 2.24) is 0 Å². The zero-order valence-electron chi connectivity index (χ0n) is 12.7. The van der Waals surface area contributed by atoms with Gasteiger partial charge in [0.1, 0.15) is 0 Å². The Kier molecular flexibility index (Phi) is 3.22. The molecule has 3 unspecified atom stereocenters. The van der Waals surface area contributed by atoms with Crippen LogP contribution in [0.25, 0.3) is 0 Å². The Morgan fingerprint density at radius 3 is 2.78 bits per heavy atom. The van der Waals surface area contributed by atoms with E-state index in [1.165, 1.54) is 17.4 Å². The van der Waals surface area contributed by atoms with Crippen molar-refractivity contribution in [2.75, 3.05) is 6.61 Å². The first-order valence-corrected chi connectivity index (χ1v) is 7.63. The second-order valence-electron chi connectivity index (χ2n) is 6.05. The summed E-state index contributed by atoms with van der Waals surface area (Å²) in [6.45, 7) is 2.06. The predicted molar refractivity (Wildman–Crippen MR) is 80.1 cm³/mol.